The van der Waals surface area contributed by atoms with E-state index in [0.29, 0.717) is 18.3 Å². The topological polar surface area (TPSA) is 54.0 Å². The van der Waals surface area contributed by atoms with E-state index in [0.717, 1.165) is 11.8 Å². The fourth-order valence-corrected chi connectivity index (χ4v) is 3.01. The van der Waals surface area contributed by atoms with Crippen LogP contribution in [0.3, 0.4) is 0 Å². The molecule has 0 aromatic heterocycles. The first-order valence-corrected chi connectivity index (χ1v) is 7.00. The molecule has 3 atom stereocenters. The van der Waals surface area contributed by atoms with Crippen LogP contribution in [0.25, 0.3) is 0 Å². The van der Waals surface area contributed by atoms with Gasteiger partial charge < -0.3 is 23.7 Å². The van der Waals surface area contributed by atoms with Gasteiger partial charge in [-0.2, -0.15) is 0 Å². The minimum Gasteiger partial charge on any atom is -0.449 e. The summed E-state index contributed by atoms with van der Waals surface area (Å²) in [4.78, 5) is 11.3. The van der Waals surface area contributed by atoms with Crippen molar-refractivity contribution >= 4 is 6.29 Å². The zero-order valence-corrected chi connectivity index (χ0v) is 11.9. The van der Waals surface area contributed by atoms with Gasteiger partial charge in [0.2, 0.25) is 11.6 Å². The quantitative estimate of drug-likeness (QED) is 0.796. The van der Waals surface area contributed by atoms with E-state index in [-0.39, 0.29) is 11.8 Å². The van der Waals surface area contributed by atoms with Crippen molar-refractivity contribution in [3.63, 3.8) is 0 Å². The van der Waals surface area contributed by atoms with Crippen LogP contribution in [0.2, 0.25) is 0 Å². The zero-order valence-electron chi connectivity index (χ0n) is 11.9. The average Bonchev–Trinajstić information content (AvgIpc) is 2.83. The Morgan fingerprint density at radius 2 is 1.95 bits per heavy atom. The van der Waals surface area contributed by atoms with Crippen LogP contribution in [0, 0.1) is 11.8 Å². The van der Waals surface area contributed by atoms with Crippen LogP contribution in [0.15, 0.2) is 42.0 Å². The van der Waals surface area contributed by atoms with Gasteiger partial charge in [0, 0.05) is 13.8 Å². The molecule has 1 saturated carbocycles. The van der Waals surface area contributed by atoms with Gasteiger partial charge in [-0.05, 0) is 5.56 Å². The third kappa shape index (κ3) is 1.77. The third-order valence-corrected chi connectivity index (χ3v) is 4.03. The Balaban J connectivity index is 1.51. The maximum Gasteiger partial charge on any atom is 0.325 e. The minimum absolute atomic E-state index is 0.199. The van der Waals surface area contributed by atoms with Gasteiger partial charge in [-0.25, -0.2) is 0 Å². The average molecular weight is 288 g/mol. The Kier molecular flexibility index (Phi) is 2.43. The predicted molar refractivity (Wildman–Crippen MR) is 71.4 cm³/mol. The molecule has 0 amide bonds. The van der Waals surface area contributed by atoms with E-state index in [2.05, 4.69) is 0 Å². The number of hydrogen-bond donors (Lipinski definition) is 0. The van der Waals surface area contributed by atoms with Crippen molar-refractivity contribution in [3.05, 3.63) is 47.6 Å². The molecule has 110 valence electrons. The number of ether oxygens (including phenoxy) is 4. The Labute approximate surface area is 122 Å². The van der Waals surface area contributed by atoms with Crippen LogP contribution >= 0.6 is 0 Å². The van der Waals surface area contributed by atoms with Gasteiger partial charge in [0.15, 0.2) is 5.76 Å². The van der Waals surface area contributed by atoms with Crippen LogP contribution in [0.1, 0.15) is 19.4 Å². The van der Waals surface area contributed by atoms with Crippen molar-refractivity contribution in [1.29, 1.82) is 0 Å². The van der Waals surface area contributed by atoms with Gasteiger partial charge in [0.25, 0.3) is 0 Å². The number of rotatable bonds is 4. The summed E-state index contributed by atoms with van der Waals surface area (Å²) in [6, 6.07) is 9.77. The van der Waals surface area contributed by atoms with E-state index in [1.54, 1.807) is 13.8 Å². The van der Waals surface area contributed by atoms with E-state index < -0.39 is 11.6 Å². The highest BCUT2D eigenvalue weighted by molar-refractivity contribution is 5.65. The Hall–Kier alpha value is -2.01. The molecular formula is C16H16O5. The SMILES string of the molecule is CC1(C)OC2=C(O1)C1[C@@H](C=O)C1(OCc1ccccc1)O2. The molecule has 1 aliphatic carbocycles. The molecular weight excluding hydrogens is 272 g/mol. The number of aldehydes is 1. The van der Waals surface area contributed by atoms with Gasteiger partial charge in [-0.15, -0.1) is 0 Å². The van der Waals surface area contributed by atoms with Crippen LogP contribution in [0.5, 0.6) is 0 Å². The minimum atomic E-state index is -0.946. The van der Waals surface area contributed by atoms with Crippen molar-refractivity contribution in [2.45, 2.75) is 32.0 Å². The van der Waals surface area contributed by atoms with E-state index in [1.165, 1.54) is 0 Å². The molecule has 1 aromatic rings. The monoisotopic (exact) mass is 288 g/mol. The highest BCUT2D eigenvalue weighted by Crippen LogP contribution is 2.66. The fraction of sp³-hybridized carbons (Fsp3) is 0.438. The first-order chi connectivity index (χ1) is 10.1. The first kappa shape index (κ1) is 12.7. The Bertz CT molecular complexity index is 621. The standard InChI is InChI=1S/C16H16O5/c1-15(2)19-13-12-11(8-17)16(12,21-14(13)20-15)18-9-10-6-4-3-5-7-10/h3-8,11-12H,9H2,1-2H3/t11-,12?,16?/m1/s1. The molecule has 1 fully saturated rings. The molecule has 1 aromatic carbocycles. The summed E-state index contributed by atoms with van der Waals surface area (Å²) >= 11 is 0. The van der Waals surface area contributed by atoms with E-state index >= 15 is 0 Å². The molecule has 2 aliphatic heterocycles. The molecule has 0 radical (unpaired) electrons. The molecule has 0 saturated heterocycles. The summed E-state index contributed by atoms with van der Waals surface area (Å²) in [6.45, 7) is 3.99. The lowest BCUT2D eigenvalue weighted by Gasteiger charge is -2.23. The summed E-state index contributed by atoms with van der Waals surface area (Å²) in [5.74, 6) is -1.26. The molecule has 4 rings (SSSR count). The zero-order chi connectivity index (χ0) is 14.7. The van der Waals surface area contributed by atoms with E-state index in [1.807, 2.05) is 30.3 Å². The van der Waals surface area contributed by atoms with Gasteiger partial charge in [-0.3, -0.25) is 0 Å². The molecule has 0 spiro atoms. The predicted octanol–water partition coefficient (Wildman–Crippen LogP) is 2.33. The molecule has 3 aliphatic rings. The van der Waals surface area contributed by atoms with Crippen molar-refractivity contribution in [3.8, 4) is 0 Å². The van der Waals surface area contributed by atoms with E-state index in [9.17, 15) is 4.79 Å². The van der Waals surface area contributed by atoms with Gasteiger partial charge in [0.05, 0.1) is 12.5 Å². The second kappa shape index (κ2) is 4.01. The normalized spacial score (nSPS) is 34.4. The maximum atomic E-state index is 11.3. The lowest BCUT2D eigenvalue weighted by atomic mass is 10.2. The molecule has 5 nitrogen and oxygen atoms in total. The van der Waals surface area contributed by atoms with Crippen molar-refractivity contribution in [1.82, 2.24) is 0 Å². The van der Waals surface area contributed by atoms with Crippen LogP contribution in [-0.2, 0) is 30.3 Å². The summed E-state index contributed by atoms with van der Waals surface area (Å²) in [5, 5.41) is 0. The number of hydrogen-bond acceptors (Lipinski definition) is 5. The lowest BCUT2D eigenvalue weighted by Crippen LogP contribution is -2.27. The summed E-state index contributed by atoms with van der Waals surface area (Å²) in [5.41, 5.74) is 1.03. The lowest BCUT2D eigenvalue weighted by molar-refractivity contribution is -0.221. The Morgan fingerprint density at radius 1 is 1.19 bits per heavy atom. The molecule has 0 bridgehead atoms. The third-order valence-electron chi connectivity index (χ3n) is 4.03. The van der Waals surface area contributed by atoms with Crippen LogP contribution in [-0.4, -0.2) is 17.9 Å². The molecule has 5 heteroatoms. The van der Waals surface area contributed by atoms with Crippen LogP contribution < -0.4 is 0 Å². The second-order valence-corrected chi connectivity index (χ2v) is 5.99. The van der Waals surface area contributed by atoms with Gasteiger partial charge in [-0.1, -0.05) is 30.3 Å². The fourth-order valence-electron chi connectivity index (χ4n) is 3.01. The van der Waals surface area contributed by atoms with Crippen molar-refractivity contribution in [2.24, 2.45) is 11.8 Å². The molecule has 0 N–H and O–H groups in total. The maximum absolute atomic E-state index is 11.3. The molecule has 2 unspecified atom stereocenters. The Morgan fingerprint density at radius 3 is 2.67 bits per heavy atom. The van der Waals surface area contributed by atoms with Crippen molar-refractivity contribution in [2.75, 3.05) is 0 Å². The highest BCUT2D eigenvalue weighted by atomic mass is 16.9. The highest BCUT2D eigenvalue weighted by Gasteiger charge is 2.79. The smallest absolute Gasteiger partial charge is 0.325 e. The second-order valence-electron chi connectivity index (χ2n) is 5.99. The van der Waals surface area contributed by atoms with Crippen molar-refractivity contribution < 1.29 is 23.7 Å². The van der Waals surface area contributed by atoms with E-state index in [4.69, 9.17) is 18.9 Å². The van der Waals surface area contributed by atoms with Crippen LogP contribution in [0.4, 0.5) is 0 Å². The summed E-state index contributed by atoms with van der Waals surface area (Å²) < 4.78 is 23.0. The summed E-state index contributed by atoms with van der Waals surface area (Å²) in [6.07, 6.45) is 0.869. The number of carbonyl (C=O) groups is 1. The molecule has 21 heavy (non-hydrogen) atoms. The molecule has 2 heterocycles. The first-order valence-electron chi connectivity index (χ1n) is 7.00. The van der Waals surface area contributed by atoms with Gasteiger partial charge in [0.1, 0.15) is 12.2 Å². The summed E-state index contributed by atoms with van der Waals surface area (Å²) in [7, 11) is 0. The number of carbonyl (C=O) groups excluding carboxylic acids is 1. The number of fused-ring (bicyclic) bond motifs is 2. The number of benzene rings is 1. The van der Waals surface area contributed by atoms with Gasteiger partial charge >= 0.3 is 5.95 Å². The largest absolute Gasteiger partial charge is 0.449 e.